The van der Waals surface area contributed by atoms with Gasteiger partial charge in [-0.2, -0.15) is 5.26 Å². The topological polar surface area (TPSA) is 79.3 Å². The predicted octanol–water partition coefficient (Wildman–Crippen LogP) is 8.20. The Hall–Kier alpha value is -2.35. The Morgan fingerprint density at radius 2 is 1.54 bits per heavy atom. The molecule has 0 aromatic heterocycles. The molecule has 3 N–H and O–H groups in total. The molecule has 2 aromatic carbocycles. The first-order valence-electron chi connectivity index (χ1n) is 14.1. The summed E-state index contributed by atoms with van der Waals surface area (Å²) in [7, 11) is 1.50. The molecule has 0 saturated carbocycles. The largest absolute Gasteiger partial charge is 0.489 e. The lowest BCUT2D eigenvalue weighted by atomic mass is 9.68. The van der Waals surface area contributed by atoms with Gasteiger partial charge in [-0.25, -0.2) is 0 Å². The van der Waals surface area contributed by atoms with Crippen molar-refractivity contribution in [3.63, 3.8) is 0 Å². The molecule has 0 aliphatic heterocycles. The average Bonchev–Trinajstić information content (AvgIpc) is 2.95. The van der Waals surface area contributed by atoms with Gasteiger partial charge in [-0.15, -0.1) is 0 Å². The molecule has 208 valence electrons. The van der Waals surface area contributed by atoms with Crippen LogP contribution in [0.4, 0.5) is 0 Å². The Bertz CT molecular complexity index is 905. The lowest BCUT2D eigenvalue weighted by Crippen LogP contribution is -2.36. The zero-order valence-electron chi connectivity index (χ0n) is 25.1. The van der Waals surface area contributed by atoms with Crippen molar-refractivity contribution in [3.05, 3.63) is 64.7 Å². The van der Waals surface area contributed by atoms with Crippen LogP contribution in [0.5, 0.6) is 5.75 Å². The molecule has 4 atom stereocenters. The normalized spacial score (nSPS) is 14.4. The summed E-state index contributed by atoms with van der Waals surface area (Å²) in [5.41, 5.74) is 9.78. The van der Waals surface area contributed by atoms with Crippen LogP contribution >= 0.6 is 0 Å². The lowest BCUT2D eigenvalue weighted by Gasteiger charge is -2.39. The molecule has 4 nitrogen and oxygen atoms in total. The number of rotatable bonds is 12. The van der Waals surface area contributed by atoms with Crippen molar-refractivity contribution >= 4 is 0 Å². The maximum Gasteiger partial charge on any atom is 0.123 e. The molecule has 0 saturated heterocycles. The van der Waals surface area contributed by atoms with Gasteiger partial charge in [0.15, 0.2) is 0 Å². The molecule has 0 spiro atoms. The van der Waals surface area contributed by atoms with Crippen molar-refractivity contribution in [1.29, 1.82) is 5.26 Å². The van der Waals surface area contributed by atoms with E-state index in [4.69, 9.17) is 10.00 Å². The van der Waals surface area contributed by atoms with Crippen LogP contribution in [0.1, 0.15) is 109 Å². The molecule has 0 heterocycles. The third-order valence-electron chi connectivity index (χ3n) is 7.82. The minimum atomic E-state index is -0.291. The summed E-state index contributed by atoms with van der Waals surface area (Å²) >= 11 is 0. The van der Waals surface area contributed by atoms with Crippen LogP contribution in [-0.2, 0) is 19.4 Å². The number of aryl methyl sites for hydroxylation is 2. The first kappa shape index (κ1) is 34.6. The van der Waals surface area contributed by atoms with Gasteiger partial charge in [0.05, 0.1) is 12.2 Å². The van der Waals surface area contributed by atoms with E-state index in [-0.39, 0.29) is 11.5 Å². The minimum Gasteiger partial charge on any atom is -0.489 e. The summed E-state index contributed by atoms with van der Waals surface area (Å²) in [6, 6.07) is 17.0. The maximum atomic E-state index is 10.5. The molecule has 0 aliphatic rings. The predicted molar refractivity (Wildman–Crippen MR) is 159 cm³/mol. The summed E-state index contributed by atoms with van der Waals surface area (Å²) < 4.78 is 6.25. The molecule has 0 bridgehead atoms. The SMILES string of the molecule is CCC#N.CCc1cc(C(C)CCC(C)(C(C)O)C(C)CC)c(CC)cc1OCc1ccccc1.CN. The van der Waals surface area contributed by atoms with Gasteiger partial charge in [0.2, 0.25) is 0 Å². The van der Waals surface area contributed by atoms with Crippen molar-refractivity contribution in [3.8, 4) is 11.8 Å². The van der Waals surface area contributed by atoms with Gasteiger partial charge < -0.3 is 15.6 Å². The number of nitriles is 1. The number of hydrogen-bond donors (Lipinski definition) is 2. The molecule has 0 radical (unpaired) electrons. The highest BCUT2D eigenvalue weighted by Crippen LogP contribution is 2.41. The molecule has 2 aromatic rings. The Morgan fingerprint density at radius 1 is 0.973 bits per heavy atom. The van der Waals surface area contributed by atoms with E-state index in [0.29, 0.717) is 24.9 Å². The van der Waals surface area contributed by atoms with Gasteiger partial charge in [0, 0.05) is 6.42 Å². The molecular formula is C33H54N2O2. The quantitative estimate of drug-likeness (QED) is 0.301. The average molecular weight is 511 g/mol. The van der Waals surface area contributed by atoms with Gasteiger partial charge in [0.1, 0.15) is 12.4 Å². The molecule has 37 heavy (non-hydrogen) atoms. The minimum absolute atomic E-state index is 0.0400. The van der Waals surface area contributed by atoms with Gasteiger partial charge in [-0.05, 0) is 85.2 Å². The molecule has 4 unspecified atom stereocenters. The second-order valence-electron chi connectivity index (χ2n) is 10.1. The number of benzene rings is 2. The Kier molecular flexibility index (Phi) is 17.6. The zero-order chi connectivity index (χ0) is 28.4. The zero-order valence-corrected chi connectivity index (χ0v) is 25.1. The first-order valence-corrected chi connectivity index (χ1v) is 14.1. The van der Waals surface area contributed by atoms with E-state index in [2.05, 4.69) is 83.7 Å². The van der Waals surface area contributed by atoms with E-state index in [0.717, 1.165) is 37.9 Å². The van der Waals surface area contributed by atoms with Crippen LogP contribution in [0.3, 0.4) is 0 Å². The Morgan fingerprint density at radius 3 is 2.00 bits per heavy atom. The van der Waals surface area contributed by atoms with E-state index in [9.17, 15) is 5.11 Å². The molecule has 4 heteroatoms. The van der Waals surface area contributed by atoms with Crippen LogP contribution in [0.2, 0.25) is 0 Å². The van der Waals surface area contributed by atoms with Crippen LogP contribution in [0, 0.1) is 22.7 Å². The smallest absolute Gasteiger partial charge is 0.123 e. The van der Waals surface area contributed by atoms with Crippen molar-refractivity contribution in [1.82, 2.24) is 0 Å². The van der Waals surface area contributed by atoms with Gasteiger partial charge in [0.25, 0.3) is 0 Å². The van der Waals surface area contributed by atoms with Crippen LogP contribution in [0.15, 0.2) is 42.5 Å². The highest BCUT2D eigenvalue weighted by molar-refractivity contribution is 5.44. The van der Waals surface area contributed by atoms with Gasteiger partial charge >= 0.3 is 0 Å². The summed E-state index contributed by atoms with van der Waals surface area (Å²) in [5, 5.41) is 18.1. The Balaban J connectivity index is 0.00000196. The first-order chi connectivity index (χ1) is 17.7. The van der Waals surface area contributed by atoms with E-state index >= 15 is 0 Å². The van der Waals surface area contributed by atoms with Crippen molar-refractivity contribution in [2.24, 2.45) is 17.1 Å². The summed E-state index contributed by atoms with van der Waals surface area (Å²) in [5.74, 6) is 1.99. The summed E-state index contributed by atoms with van der Waals surface area (Å²) in [6.45, 7) is 17.9. The van der Waals surface area contributed by atoms with E-state index in [1.54, 1.807) is 0 Å². The standard InChI is InChI=1S/C29H44O2.C3H5N.CH5N/c1-8-22(5)29(7,23(6)30)17-16-21(4)27-18-26(10-3)28(19-25(27)9-2)31-20-24-14-12-11-13-15-24;1-2-3-4;1-2/h11-15,18-19,21-23,30H,8-10,16-17,20H2,1-7H3;2H2,1H3;2H2,1H3. The van der Waals surface area contributed by atoms with Crippen molar-refractivity contribution < 1.29 is 9.84 Å². The van der Waals surface area contributed by atoms with Crippen molar-refractivity contribution in [2.75, 3.05) is 7.05 Å². The lowest BCUT2D eigenvalue weighted by molar-refractivity contribution is 0.0000379. The number of ether oxygens (including phenoxy) is 1. The molecule has 0 fully saturated rings. The fourth-order valence-corrected chi connectivity index (χ4v) is 4.61. The number of aliphatic hydroxyl groups excluding tert-OH is 1. The third-order valence-corrected chi connectivity index (χ3v) is 7.82. The van der Waals surface area contributed by atoms with E-state index in [1.165, 1.54) is 29.3 Å². The number of nitrogens with two attached hydrogens (primary N) is 1. The highest BCUT2D eigenvalue weighted by atomic mass is 16.5. The monoisotopic (exact) mass is 510 g/mol. The Labute approximate surface area is 228 Å². The molecule has 0 aliphatic carbocycles. The second kappa shape index (κ2) is 18.8. The van der Waals surface area contributed by atoms with Gasteiger partial charge in [-0.1, -0.05) is 91.3 Å². The van der Waals surface area contributed by atoms with E-state index in [1.807, 2.05) is 26.0 Å². The molecule has 2 rings (SSSR count). The van der Waals surface area contributed by atoms with Gasteiger partial charge in [-0.3, -0.25) is 0 Å². The highest BCUT2D eigenvalue weighted by Gasteiger charge is 2.35. The number of nitrogens with zero attached hydrogens (tertiary/aromatic N) is 1. The molecule has 0 amide bonds. The number of hydrogen-bond acceptors (Lipinski definition) is 4. The van der Waals surface area contributed by atoms with Crippen LogP contribution < -0.4 is 10.5 Å². The van der Waals surface area contributed by atoms with Crippen molar-refractivity contribution in [2.45, 2.75) is 113 Å². The van der Waals surface area contributed by atoms with Crippen LogP contribution in [-0.4, -0.2) is 18.3 Å². The fourth-order valence-electron chi connectivity index (χ4n) is 4.61. The summed E-state index contributed by atoms with van der Waals surface area (Å²) in [4.78, 5) is 0. The fraction of sp³-hybridized carbons (Fsp3) is 0.606. The number of aliphatic hydroxyl groups is 1. The molecular weight excluding hydrogens is 456 g/mol. The third kappa shape index (κ3) is 10.9. The summed E-state index contributed by atoms with van der Waals surface area (Å²) in [6.07, 6.45) is 5.53. The van der Waals surface area contributed by atoms with Crippen LogP contribution in [0.25, 0.3) is 0 Å². The second-order valence-corrected chi connectivity index (χ2v) is 10.1. The maximum absolute atomic E-state index is 10.5. The van der Waals surface area contributed by atoms with E-state index < -0.39 is 0 Å².